The van der Waals surface area contributed by atoms with Gasteiger partial charge in [-0.25, -0.2) is 4.98 Å². The van der Waals surface area contributed by atoms with E-state index in [9.17, 15) is 51.9 Å². The highest BCUT2D eigenvalue weighted by Gasteiger charge is 2.41. The van der Waals surface area contributed by atoms with Gasteiger partial charge in [0, 0.05) is 46.6 Å². The van der Waals surface area contributed by atoms with Gasteiger partial charge >= 0.3 is 0 Å². The van der Waals surface area contributed by atoms with Crippen LogP contribution in [0.25, 0.3) is 33.3 Å². The van der Waals surface area contributed by atoms with Crippen LogP contribution in [-0.4, -0.2) is 68.2 Å². The molecular weight excluding hydrogens is 727 g/mol. The monoisotopic (exact) mass is 753 g/mol. The van der Waals surface area contributed by atoms with Crippen LogP contribution in [0, 0.1) is 5.41 Å². The molecule has 0 saturated heterocycles. The SMILES string of the molecule is CC1(C)CC(CS(=O)(=O)O)c2cc3nc4c5ccc(S(=O)(=O)O)cc5c(=N)cc-4oc3cc2N1Cc1ccc(S(=O)(=O)O)cc1S(=O)(=O)O. The van der Waals surface area contributed by atoms with Crippen molar-refractivity contribution < 1.29 is 56.3 Å². The summed E-state index contributed by atoms with van der Waals surface area (Å²) in [5, 5.41) is 8.80. The molecule has 1 aliphatic carbocycles. The van der Waals surface area contributed by atoms with Crippen LogP contribution in [0.15, 0.2) is 73.7 Å². The second kappa shape index (κ2) is 11.3. The van der Waals surface area contributed by atoms with Crippen molar-refractivity contribution in [3.8, 4) is 11.5 Å². The van der Waals surface area contributed by atoms with Gasteiger partial charge < -0.3 is 14.7 Å². The normalized spacial score (nSPS) is 17.1. The van der Waals surface area contributed by atoms with Crippen molar-refractivity contribution >= 4 is 68.0 Å². The van der Waals surface area contributed by atoms with E-state index in [2.05, 4.69) is 4.98 Å². The van der Waals surface area contributed by atoms with Crippen LogP contribution < -0.4 is 10.3 Å². The average molecular weight is 754 g/mol. The molecule has 0 spiro atoms. The largest absolute Gasteiger partial charge is 0.453 e. The molecule has 0 bridgehead atoms. The number of hydrogen-bond donors (Lipinski definition) is 5. The zero-order valence-electron chi connectivity index (χ0n) is 25.4. The number of nitrogens with one attached hydrogen (secondary N) is 1. The van der Waals surface area contributed by atoms with Gasteiger partial charge in [-0.1, -0.05) is 12.1 Å². The van der Waals surface area contributed by atoms with E-state index in [1.807, 2.05) is 0 Å². The number of benzene rings is 4. The second-order valence-electron chi connectivity index (χ2n) is 12.3. The molecule has 3 aliphatic rings. The molecule has 20 heteroatoms. The summed E-state index contributed by atoms with van der Waals surface area (Å²) >= 11 is 0. The minimum absolute atomic E-state index is 0.0644. The molecular formula is C29H27N3O13S4. The van der Waals surface area contributed by atoms with Crippen molar-refractivity contribution in [1.29, 1.82) is 5.41 Å². The molecule has 0 radical (unpaired) electrons. The van der Waals surface area contributed by atoms with Crippen molar-refractivity contribution in [2.24, 2.45) is 0 Å². The van der Waals surface area contributed by atoms with Crippen molar-refractivity contribution in [1.82, 2.24) is 4.98 Å². The lowest BCUT2D eigenvalue weighted by Gasteiger charge is -2.48. The highest BCUT2D eigenvalue weighted by Crippen LogP contribution is 2.47. The zero-order chi connectivity index (χ0) is 36.1. The first-order chi connectivity index (χ1) is 22.4. The summed E-state index contributed by atoms with van der Waals surface area (Å²) in [5.74, 6) is -1.38. The van der Waals surface area contributed by atoms with Gasteiger partial charge in [0.15, 0.2) is 11.3 Å². The maximum absolute atomic E-state index is 12.4. The van der Waals surface area contributed by atoms with E-state index in [0.717, 1.165) is 24.3 Å². The van der Waals surface area contributed by atoms with E-state index in [-0.39, 0.29) is 51.8 Å². The fraction of sp³-hybridized carbons (Fsp3) is 0.241. The van der Waals surface area contributed by atoms with E-state index >= 15 is 0 Å². The van der Waals surface area contributed by atoms with Gasteiger partial charge in [0.25, 0.3) is 40.5 Å². The molecule has 49 heavy (non-hydrogen) atoms. The van der Waals surface area contributed by atoms with Crippen LogP contribution in [0.3, 0.4) is 0 Å². The molecule has 0 fully saturated rings. The number of anilines is 1. The number of hydrogen-bond acceptors (Lipinski definition) is 12. The maximum Gasteiger partial charge on any atom is 0.294 e. The van der Waals surface area contributed by atoms with Crippen LogP contribution >= 0.6 is 0 Å². The van der Waals surface area contributed by atoms with Gasteiger partial charge in [-0.3, -0.25) is 18.2 Å². The highest BCUT2D eigenvalue weighted by atomic mass is 32.2. The molecule has 1 unspecified atom stereocenters. The molecule has 3 aromatic rings. The number of aromatic nitrogens is 1. The molecule has 0 amide bonds. The van der Waals surface area contributed by atoms with Gasteiger partial charge in [-0.2, -0.15) is 33.7 Å². The summed E-state index contributed by atoms with van der Waals surface area (Å²) in [4.78, 5) is 4.39. The molecule has 1 atom stereocenters. The summed E-state index contributed by atoms with van der Waals surface area (Å²) in [7, 11) is -19.0. The Morgan fingerprint density at radius 1 is 0.837 bits per heavy atom. The Balaban J connectivity index is 1.60. The molecule has 0 saturated carbocycles. The highest BCUT2D eigenvalue weighted by molar-refractivity contribution is 7.87. The first-order valence-electron chi connectivity index (χ1n) is 14.1. The van der Waals surface area contributed by atoms with Crippen molar-refractivity contribution in [2.45, 2.75) is 53.0 Å². The third-order valence-corrected chi connectivity index (χ3v) is 11.9. The Kier molecular flexibility index (Phi) is 8.00. The Bertz CT molecular complexity index is 2710. The summed E-state index contributed by atoms with van der Waals surface area (Å²) < 4.78 is 141. The minimum Gasteiger partial charge on any atom is -0.453 e. The smallest absolute Gasteiger partial charge is 0.294 e. The lowest BCUT2D eigenvalue weighted by molar-refractivity contribution is 0.368. The number of fused-ring (bicyclic) bond motifs is 5. The van der Waals surface area contributed by atoms with E-state index in [1.165, 1.54) is 24.3 Å². The topological polar surface area (TPSA) is 271 Å². The second-order valence-corrected chi connectivity index (χ2v) is 18.0. The van der Waals surface area contributed by atoms with E-state index < -0.39 is 72.4 Å². The van der Waals surface area contributed by atoms with Crippen LogP contribution in [0.4, 0.5) is 5.69 Å². The Morgan fingerprint density at radius 3 is 2.08 bits per heavy atom. The fourth-order valence-corrected chi connectivity index (χ4v) is 8.98. The standard InChI is InChI=1S/C29H27N3O13S4/c1-29(2)12-16(14-46(33,34)35)20-9-23-25(45-26-10-22(30)21-7-17(47(36,37)38)5-6-19(21)28(26)31-23)11-24(20)32(29)13-15-3-4-18(48(39,40)41)8-27(15)49(42,43)44/h3-11,16,30H,12-14H2,1-2H3,(H,33,34,35)(H,36,37,38)(H,39,40,41)(H,42,43,44). The Labute approximate surface area is 279 Å². The predicted octanol–water partition coefficient (Wildman–Crippen LogP) is 3.47. The molecule has 2 heterocycles. The summed E-state index contributed by atoms with van der Waals surface area (Å²) in [6.45, 7) is 3.18. The third-order valence-electron chi connectivity index (χ3n) is 8.47. The molecule has 5 N–H and O–H groups in total. The minimum atomic E-state index is -5.02. The van der Waals surface area contributed by atoms with Crippen molar-refractivity contribution in [3.05, 3.63) is 71.1 Å². The summed E-state index contributed by atoms with van der Waals surface area (Å²) in [5.41, 5.74) is 0.233. The van der Waals surface area contributed by atoms with E-state index in [4.69, 9.17) is 9.83 Å². The fourth-order valence-electron chi connectivity index (χ4n) is 6.35. The van der Waals surface area contributed by atoms with Crippen molar-refractivity contribution in [3.63, 3.8) is 0 Å². The first kappa shape index (κ1) is 34.8. The zero-order valence-corrected chi connectivity index (χ0v) is 28.7. The Hall–Kier alpha value is -4.02. The van der Waals surface area contributed by atoms with Gasteiger partial charge in [0.1, 0.15) is 16.1 Å². The predicted molar refractivity (Wildman–Crippen MR) is 174 cm³/mol. The molecule has 260 valence electrons. The van der Waals surface area contributed by atoms with Crippen LogP contribution in [-0.2, 0) is 47.0 Å². The lowest BCUT2D eigenvalue weighted by atomic mass is 9.79. The van der Waals surface area contributed by atoms with Gasteiger partial charge in [0.2, 0.25) is 0 Å². The summed E-state index contributed by atoms with van der Waals surface area (Å²) in [6.07, 6.45) is 0.101. The van der Waals surface area contributed by atoms with Crippen LogP contribution in [0.5, 0.6) is 0 Å². The maximum atomic E-state index is 12.4. The molecule has 0 aromatic heterocycles. The van der Waals surface area contributed by atoms with Gasteiger partial charge in [-0.05, 0) is 61.7 Å². The lowest BCUT2D eigenvalue weighted by Crippen LogP contribution is -2.49. The first-order valence-corrected chi connectivity index (χ1v) is 20.0. The summed E-state index contributed by atoms with van der Waals surface area (Å²) in [6, 6.07) is 10.7. The third kappa shape index (κ3) is 6.65. The molecule has 2 aliphatic heterocycles. The number of nitrogens with zero attached hydrogens (tertiary/aromatic N) is 2. The Morgan fingerprint density at radius 2 is 1.47 bits per heavy atom. The molecule has 16 nitrogen and oxygen atoms in total. The van der Waals surface area contributed by atoms with Gasteiger partial charge in [0.05, 0.1) is 20.9 Å². The van der Waals surface area contributed by atoms with E-state index in [0.29, 0.717) is 22.7 Å². The van der Waals surface area contributed by atoms with E-state index in [1.54, 1.807) is 18.7 Å². The van der Waals surface area contributed by atoms with Crippen molar-refractivity contribution in [2.75, 3.05) is 10.7 Å². The number of rotatable bonds is 7. The average Bonchev–Trinajstić information content (AvgIpc) is 2.95. The molecule has 3 aromatic carbocycles. The quantitative estimate of drug-likeness (QED) is 0.0904. The van der Waals surface area contributed by atoms with Crippen LogP contribution in [0.1, 0.15) is 37.3 Å². The molecule has 6 rings (SSSR count). The van der Waals surface area contributed by atoms with Gasteiger partial charge in [-0.15, -0.1) is 0 Å². The van der Waals surface area contributed by atoms with Crippen LogP contribution in [0.2, 0.25) is 0 Å².